The molecule has 3 rings (SSSR count). The van der Waals surface area contributed by atoms with Crippen molar-refractivity contribution in [3.8, 4) is 16.9 Å². The summed E-state index contributed by atoms with van der Waals surface area (Å²) in [5.74, 6) is 0.606. The average Bonchev–Trinajstić information content (AvgIpc) is 2.87. The lowest BCUT2D eigenvalue weighted by Crippen LogP contribution is -2.11. The van der Waals surface area contributed by atoms with E-state index in [4.69, 9.17) is 9.47 Å². The largest absolute Gasteiger partial charge is 0.494 e. The molecule has 182 valence electrons. The zero-order valence-corrected chi connectivity index (χ0v) is 20.0. The predicted molar refractivity (Wildman–Crippen MR) is 142 cm³/mol. The van der Waals surface area contributed by atoms with Crippen molar-refractivity contribution in [1.82, 2.24) is 0 Å². The first kappa shape index (κ1) is 27.2. The van der Waals surface area contributed by atoms with E-state index in [0.29, 0.717) is 5.56 Å². The van der Waals surface area contributed by atoms with Crippen molar-refractivity contribution in [3.63, 3.8) is 0 Å². The summed E-state index contributed by atoms with van der Waals surface area (Å²) < 4.78 is 11.6. The number of hydrogen-bond acceptors (Lipinski definition) is 3. The van der Waals surface area contributed by atoms with E-state index in [9.17, 15) is 4.79 Å². The van der Waals surface area contributed by atoms with Crippen molar-refractivity contribution in [2.24, 2.45) is 0 Å². The van der Waals surface area contributed by atoms with Crippen LogP contribution in [0.25, 0.3) is 11.1 Å². The van der Waals surface area contributed by atoms with Gasteiger partial charge in [-0.05, 0) is 53.8 Å². The fourth-order valence-electron chi connectivity index (χ4n) is 3.87. The number of ether oxygens (including phenoxy) is 2. The van der Waals surface area contributed by atoms with Crippen LogP contribution in [0.15, 0.2) is 78.9 Å². The van der Waals surface area contributed by atoms with Gasteiger partial charge in [0.25, 0.3) is 0 Å². The second kappa shape index (κ2) is 15.0. The van der Waals surface area contributed by atoms with Crippen LogP contribution in [0.1, 0.15) is 88.2 Å². The maximum atomic E-state index is 12.6. The maximum Gasteiger partial charge on any atom is 0.338 e. The van der Waals surface area contributed by atoms with Gasteiger partial charge in [0, 0.05) is 0 Å². The van der Waals surface area contributed by atoms with Crippen LogP contribution in [0.3, 0.4) is 0 Å². The molecule has 34 heavy (non-hydrogen) atoms. The molecular formula is C31H40O3. The van der Waals surface area contributed by atoms with Crippen LogP contribution in [0.4, 0.5) is 0 Å². The van der Waals surface area contributed by atoms with Crippen LogP contribution in [0, 0.1) is 0 Å². The number of hydrogen-bond donors (Lipinski definition) is 0. The number of carbonyl (C=O) groups excluding carboxylic acids is 1. The Morgan fingerprint density at radius 3 is 1.94 bits per heavy atom. The molecule has 0 spiro atoms. The molecule has 0 aliphatic rings. The highest BCUT2D eigenvalue weighted by atomic mass is 16.5. The summed E-state index contributed by atoms with van der Waals surface area (Å²) in [5, 5.41) is 0. The third-order valence-electron chi connectivity index (χ3n) is 5.87. The molecule has 3 aromatic rings. The molecule has 0 N–H and O–H groups in total. The summed E-state index contributed by atoms with van der Waals surface area (Å²) in [6.07, 6.45) is 8.08. The van der Waals surface area contributed by atoms with Gasteiger partial charge in [0.1, 0.15) is 11.9 Å². The fraction of sp³-hybridized carbons (Fsp3) is 0.387. The Bertz CT molecular complexity index is 946. The average molecular weight is 461 g/mol. The molecule has 0 radical (unpaired) electrons. The molecule has 0 saturated carbocycles. The molecule has 0 aromatic heterocycles. The molecule has 3 aromatic carbocycles. The molecule has 3 heteroatoms. The molecule has 0 aliphatic carbocycles. The molecule has 0 bridgehead atoms. The lowest BCUT2D eigenvalue weighted by atomic mass is 10.0. The Labute approximate surface area is 206 Å². The van der Waals surface area contributed by atoms with E-state index in [1.807, 2.05) is 73.7 Å². The first-order chi connectivity index (χ1) is 16.2. The molecule has 0 heterocycles. The van der Waals surface area contributed by atoms with Crippen molar-refractivity contribution in [3.05, 3.63) is 90.0 Å². The lowest BCUT2D eigenvalue weighted by Gasteiger charge is -2.16. The Morgan fingerprint density at radius 1 is 0.735 bits per heavy atom. The smallest absolute Gasteiger partial charge is 0.338 e. The highest BCUT2D eigenvalue weighted by molar-refractivity contribution is 5.90. The van der Waals surface area contributed by atoms with Crippen LogP contribution in [0.2, 0.25) is 0 Å². The van der Waals surface area contributed by atoms with E-state index < -0.39 is 0 Å². The summed E-state index contributed by atoms with van der Waals surface area (Å²) in [6, 6.07) is 25.6. The van der Waals surface area contributed by atoms with Crippen LogP contribution in [0.5, 0.6) is 5.75 Å². The van der Waals surface area contributed by atoms with Crippen LogP contribution in [-0.2, 0) is 4.74 Å². The molecule has 1 unspecified atom stereocenters. The zero-order valence-electron chi connectivity index (χ0n) is 20.0. The quantitative estimate of drug-likeness (QED) is 0.188. The second-order valence-corrected chi connectivity index (χ2v) is 8.43. The van der Waals surface area contributed by atoms with Gasteiger partial charge in [0.05, 0.1) is 12.2 Å². The topological polar surface area (TPSA) is 35.5 Å². The molecule has 3 nitrogen and oxygen atoms in total. The molecule has 0 fully saturated rings. The molecule has 0 amide bonds. The van der Waals surface area contributed by atoms with Gasteiger partial charge in [-0.2, -0.15) is 0 Å². The van der Waals surface area contributed by atoms with E-state index in [0.717, 1.165) is 41.9 Å². The highest BCUT2D eigenvalue weighted by Gasteiger charge is 2.16. The summed E-state index contributed by atoms with van der Waals surface area (Å²) in [7, 11) is 0. The number of unbranched alkanes of at least 4 members (excludes halogenated alkanes) is 5. The number of benzene rings is 3. The van der Waals surface area contributed by atoms with Gasteiger partial charge in [-0.1, -0.05) is 108 Å². The Hall–Kier alpha value is -3.07. The van der Waals surface area contributed by atoms with Gasteiger partial charge in [-0.25, -0.2) is 4.79 Å². The molecule has 1 atom stereocenters. The Kier molecular flexibility index (Phi) is 12.0. The molecular weight excluding hydrogens is 420 g/mol. The van der Waals surface area contributed by atoms with Gasteiger partial charge in [0.15, 0.2) is 0 Å². The first-order valence-corrected chi connectivity index (χ1v) is 12.3. The summed E-state index contributed by atoms with van der Waals surface area (Å²) in [6.45, 7) is 5.03. The number of rotatable bonds is 13. The minimum Gasteiger partial charge on any atom is -0.494 e. The monoisotopic (exact) mass is 460 g/mol. The fourth-order valence-corrected chi connectivity index (χ4v) is 3.87. The second-order valence-electron chi connectivity index (χ2n) is 8.43. The van der Waals surface area contributed by atoms with Crippen molar-refractivity contribution in [2.45, 2.75) is 72.3 Å². The van der Waals surface area contributed by atoms with Gasteiger partial charge >= 0.3 is 5.97 Å². The summed E-state index contributed by atoms with van der Waals surface area (Å²) in [4.78, 5) is 12.6. The van der Waals surface area contributed by atoms with E-state index in [-0.39, 0.29) is 19.5 Å². The minimum atomic E-state index is -0.296. The van der Waals surface area contributed by atoms with Crippen molar-refractivity contribution >= 4 is 5.97 Å². The van der Waals surface area contributed by atoms with Gasteiger partial charge < -0.3 is 9.47 Å². The summed E-state index contributed by atoms with van der Waals surface area (Å²) in [5.41, 5.74) is 3.73. The van der Waals surface area contributed by atoms with E-state index in [1.54, 1.807) is 0 Å². The third-order valence-corrected chi connectivity index (χ3v) is 5.87. The van der Waals surface area contributed by atoms with Crippen molar-refractivity contribution < 1.29 is 14.3 Å². The first-order valence-electron chi connectivity index (χ1n) is 12.3. The predicted octanol–water partition coefficient (Wildman–Crippen LogP) is 9.04. The minimum absolute atomic E-state index is 0. The lowest BCUT2D eigenvalue weighted by molar-refractivity contribution is 0.0288. The van der Waals surface area contributed by atoms with Crippen LogP contribution in [-0.4, -0.2) is 12.6 Å². The highest BCUT2D eigenvalue weighted by Crippen LogP contribution is 2.25. The van der Waals surface area contributed by atoms with Crippen LogP contribution >= 0.6 is 0 Å². The van der Waals surface area contributed by atoms with E-state index in [1.165, 1.54) is 32.1 Å². The van der Waals surface area contributed by atoms with Crippen molar-refractivity contribution in [1.29, 1.82) is 0 Å². The molecule has 0 aliphatic heterocycles. The van der Waals surface area contributed by atoms with Crippen LogP contribution < -0.4 is 4.74 Å². The van der Waals surface area contributed by atoms with Gasteiger partial charge in [0.2, 0.25) is 0 Å². The van der Waals surface area contributed by atoms with Gasteiger partial charge in [-0.3, -0.25) is 0 Å². The maximum absolute atomic E-state index is 12.6. The van der Waals surface area contributed by atoms with Gasteiger partial charge in [-0.15, -0.1) is 0 Å². The van der Waals surface area contributed by atoms with E-state index in [2.05, 4.69) is 19.1 Å². The SMILES string of the molecule is C.CCCCCCCCOc1ccc(-c2ccc(C(=O)OC(CC)c3ccccc3)cc2)cc1. The Balaban J connectivity index is 0.00000408. The number of esters is 1. The molecule has 0 saturated heterocycles. The van der Waals surface area contributed by atoms with E-state index >= 15 is 0 Å². The van der Waals surface area contributed by atoms with Crippen molar-refractivity contribution in [2.75, 3.05) is 6.61 Å². The zero-order chi connectivity index (χ0) is 23.3. The third kappa shape index (κ3) is 8.37. The number of carbonyl (C=O) groups is 1. The summed E-state index contributed by atoms with van der Waals surface area (Å²) >= 11 is 0. The normalized spacial score (nSPS) is 11.4. The Morgan fingerprint density at radius 2 is 1.32 bits per heavy atom. The standard InChI is InChI=1S/C30H36O3.CH4/c1-3-5-6-7-8-12-23-32-28-21-19-25(20-22-28)24-15-17-27(18-16-24)30(31)33-29(4-2)26-13-10-9-11-14-26;/h9-11,13-22,29H,3-8,12,23H2,1-2H3;1H4.